The highest BCUT2D eigenvalue weighted by atomic mass is 16.1. The minimum Gasteiger partial charge on any atom is -0.300 e. The third-order valence-electron chi connectivity index (χ3n) is 5.54. The van der Waals surface area contributed by atoms with Crippen LogP contribution in [0.3, 0.4) is 0 Å². The Bertz CT molecular complexity index is 700. The predicted octanol–water partition coefficient (Wildman–Crippen LogP) is 3.64. The average molecular weight is 379 g/mol. The summed E-state index contributed by atoms with van der Waals surface area (Å²) in [4.78, 5) is 29.9. The van der Waals surface area contributed by atoms with Gasteiger partial charge in [-0.2, -0.15) is 0 Å². The van der Waals surface area contributed by atoms with Crippen LogP contribution in [0, 0.1) is 11.8 Å². The van der Waals surface area contributed by atoms with Crippen LogP contribution in [0.1, 0.15) is 34.6 Å². The van der Waals surface area contributed by atoms with Gasteiger partial charge in [0.25, 0.3) is 0 Å². The fourth-order valence-corrected chi connectivity index (χ4v) is 3.87. The number of ketones is 2. The molecule has 1 heterocycles. The number of piperazine rings is 1. The molecular formula is C24H30N2O2. The summed E-state index contributed by atoms with van der Waals surface area (Å²) in [5, 5.41) is 0. The molecule has 4 heteroatoms. The van der Waals surface area contributed by atoms with E-state index in [2.05, 4.69) is 9.80 Å². The van der Waals surface area contributed by atoms with Crippen molar-refractivity contribution in [2.75, 3.05) is 39.3 Å². The highest BCUT2D eigenvalue weighted by molar-refractivity contribution is 5.98. The van der Waals surface area contributed by atoms with Gasteiger partial charge in [0, 0.05) is 62.2 Å². The van der Waals surface area contributed by atoms with E-state index in [1.54, 1.807) is 0 Å². The van der Waals surface area contributed by atoms with E-state index in [-0.39, 0.29) is 23.4 Å². The SMILES string of the molecule is C[C@H](CN1CCN(C[C@H](C)C(=O)c2ccccc2)CC1)C(=O)c1ccccc1. The molecule has 28 heavy (non-hydrogen) atoms. The van der Waals surface area contributed by atoms with Crippen LogP contribution in [0.4, 0.5) is 0 Å². The monoisotopic (exact) mass is 378 g/mol. The molecule has 0 bridgehead atoms. The maximum atomic E-state index is 12.6. The molecule has 3 rings (SSSR count). The van der Waals surface area contributed by atoms with Gasteiger partial charge >= 0.3 is 0 Å². The molecule has 0 unspecified atom stereocenters. The van der Waals surface area contributed by atoms with Gasteiger partial charge in [-0.3, -0.25) is 9.59 Å². The molecule has 2 atom stereocenters. The molecule has 0 radical (unpaired) electrons. The standard InChI is InChI=1S/C24H30N2O2/c1-19(23(27)21-9-5-3-6-10-21)17-25-13-15-26(16-14-25)18-20(2)24(28)22-11-7-4-8-12-22/h3-12,19-20H,13-18H2,1-2H3/t19-,20+. The lowest BCUT2D eigenvalue weighted by molar-refractivity contribution is 0.0761. The Balaban J connectivity index is 1.44. The predicted molar refractivity (Wildman–Crippen MR) is 113 cm³/mol. The lowest BCUT2D eigenvalue weighted by atomic mass is 9.98. The Morgan fingerprint density at radius 2 is 1.00 bits per heavy atom. The molecule has 0 aromatic heterocycles. The quantitative estimate of drug-likeness (QED) is 0.658. The van der Waals surface area contributed by atoms with Gasteiger partial charge in [-0.1, -0.05) is 74.5 Å². The normalized spacial score (nSPS) is 17.8. The molecule has 1 aliphatic rings. The van der Waals surface area contributed by atoms with Gasteiger partial charge in [-0.15, -0.1) is 0 Å². The van der Waals surface area contributed by atoms with E-state index in [1.165, 1.54) is 0 Å². The van der Waals surface area contributed by atoms with Crippen molar-refractivity contribution in [3.63, 3.8) is 0 Å². The van der Waals surface area contributed by atoms with Crippen LogP contribution >= 0.6 is 0 Å². The summed E-state index contributed by atoms with van der Waals surface area (Å²) in [6, 6.07) is 19.1. The van der Waals surface area contributed by atoms with E-state index in [0.717, 1.165) is 50.4 Å². The van der Waals surface area contributed by atoms with Gasteiger partial charge in [0.1, 0.15) is 0 Å². The molecule has 0 saturated carbocycles. The molecule has 148 valence electrons. The summed E-state index contributed by atoms with van der Waals surface area (Å²) in [6.07, 6.45) is 0. The molecular weight excluding hydrogens is 348 g/mol. The molecule has 1 saturated heterocycles. The number of carbonyl (C=O) groups is 2. The van der Waals surface area contributed by atoms with Crippen molar-refractivity contribution in [3.05, 3.63) is 71.8 Å². The number of carbonyl (C=O) groups excluding carboxylic acids is 2. The van der Waals surface area contributed by atoms with Crippen LogP contribution in [-0.4, -0.2) is 60.6 Å². The van der Waals surface area contributed by atoms with E-state index >= 15 is 0 Å². The Morgan fingerprint density at radius 3 is 1.32 bits per heavy atom. The minimum atomic E-state index is -0.00691. The van der Waals surface area contributed by atoms with E-state index in [1.807, 2.05) is 74.5 Å². The summed E-state index contributed by atoms with van der Waals surface area (Å²) in [5.74, 6) is 0.412. The Hall–Kier alpha value is -2.30. The van der Waals surface area contributed by atoms with Gasteiger partial charge in [0.15, 0.2) is 11.6 Å². The maximum Gasteiger partial charge on any atom is 0.166 e. The molecule has 0 amide bonds. The van der Waals surface area contributed by atoms with Crippen molar-refractivity contribution in [1.82, 2.24) is 9.80 Å². The number of nitrogens with zero attached hydrogens (tertiary/aromatic N) is 2. The van der Waals surface area contributed by atoms with Crippen molar-refractivity contribution in [1.29, 1.82) is 0 Å². The first-order chi connectivity index (χ1) is 13.5. The number of Topliss-reactive ketones (excluding diaryl/α,β-unsaturated/α-hetero) is 2. The molecule has 1 aliphatic heterocycles. The minimum absolute atomic E-state index is 0.00691. The van der Waals surface area contributed by atoms with Gasteiger partial charge in [0.05, 0.1) is 0 Å². The third kappa shape index (κ3) is 5.37. The topological polar surface area (TPSA) is 40.6 Å². The van der Waals surface area contributed by atoms with Crippen LogP contribution in [0.15, 0.2) is 60.7 Å². The first-order valence-corrected chi connectivity index (χ1v) is 10.2. The largest absolute Gasteiger partial charge is 0.300 e. The Labute approximate surface area is 168 Å². The van der Waals surface area contributed by atoms with Crippen molar-refractivity contribution in [2.24, 2.45) is 11.8 Å². The highest BCUT2D eigenvalue weighted by Gasteiger charge is 2.24. The first kappa shape index (κ1) is 20.4. The Kier molecular flexibility index (Phi) is 7.12. The fourth-order valence-electron chi connectivity index (χ4n) is 3.87. The zero-order chi connectivity index (χ0) is 19.9. The number of rotatable bonds is 8. The second-order valence-electron chi connectivity index (χ2n) is 7.86. The van der Waals surface area contributed by atoms with E-state index in [0.29, 0.717) is 0 Å². The molecule has 2 aromatic rings. The fraction of sp³-hybridized carbons (Fsp3) is 0.417. The molecule has 0 aliphatic carbocycles. The average Bonchev–Trinajstić information content (AvgIpc) is 2.75. The number of hydrogen-bond donors (Lipinski definition) is 0. The molecule has 4 nitrogen and oxygen atoms in total. The molecule has 1 fully saturated rings. The molecule has 0 spiro atoms. The highest BCUT2D eigenvalue weighted by Crippen LogP contribution is 2.14. The summed E-state index contributed by atoms with van der Waals surface area (Å²) in [7, 11) is 0. The van der Waals surface area contributed by atoms with Gasteiger partial charge in [-0.25, -0.2) is 0 Å². The second kappa shape index (κ2) is 9.76. The van der Waals surface area contributed by atoms with Gasteiger partial charge < -0.3 is 9.80 Å². The van der Waals surface area contributed by atoms with Crippen molar-refractivity contribution < 1.29 is 9.59 Å². The summed E-state index contributed by atoms with van der Waals surface area (Å²) in [6.45, 7) is 9.39. The van der Waals surface area contributed by atoms with Crippen LogP contribution in [0.25, 0.3) is 0 Å². The maximum absolute atomic E-state index is 12.6. The number of benzene rings is 2. The molecule has 2 aromatic carbocycles. The lowest BCUT2D eigenvalue weighted by Crippen LogP contribution is -2.49. The van der Waals surface area contributed by atoms with Crippen LogP contribution < -0.4 is 0 Å². The van der Waals surface area contributed by atoms with Gasteiger partial charge in [-0.05, 0) is 0 Å². The van der Waals surface area contributed by atoms with Gasteiger partial charge in [0.2, 0.25) is 0 Å². The first-order valence-electron chi connectivity index (χ1n) is 10.2. The zero-order valence-electron chi connectivity index (χ0n) is 16.9. The second-order valence-corrected chi connectivity index (χ2v) is 7.86. The smallest absolute Gasteiger partial charge is 0.166 e. The Morgan fingerprint density at radius 1 is 0.679 bits per heavy atom. The number of hydrogen-bond acceptors (Lipinski definition) is 4. The summed E-state index contributed by atoms with van der Waals surface area (Å²) in [5.41, 5.74) is 1.59. The van der Waals surface area contributed by atoms with E-state index in [9.17, 15) is 9.59 Å². The third-order valence-corrected chi connectivity index (χ3v) is 5.54. The van der Waals surface area contributed by atoms with Crippen molar-refractivity contribution >= 4 is 11.6 Å². The summed E-state index contributed by atoms with van der Waals surface area (Å²) >= 11 is 0. The van der Waals surface area contributed by atoms with Crippen LogP contribution in [-0.2, 0) is 0 Å². The van der Waals surface area contributed by atoms with E-state index in [4.69, 9.17) is 0 Å². The van der Waals surface area contributed by atoms with Crippen LogP contribution in [0.5, 0.6) is 0 Å². The zero-order valence-corrected chi connectivity index (χ0v) is 16.9. The summed E-state index contributed by atoms with van der Waals surface area (Å²) < 4.78 is 0. The van der Waals surface area contributed by atoms with Crippen molar-refractivity contribution in [3.8, 4) is 0 Å². The molecule has 0 N–H and O–H groups in total. The van der Waals surface area contributed by atoms with Crippen LogP contribution in [0.2, 0.25) is 0 Å². The van der Waals surface area contributed by atoms with Crippen molar-refractivity contribution in [2.45, 2.75) is 13.8 Å². The van der Waals surface area contributed by atoms with E-state index < -0.39 is 0 Å². The lowest BCUT2D eigenvalue weighted by Gasteiger charge is -2.36.